The van der Waals surface area contributed by atoms with Gasteiger partial charge in [0.05, 0.1) is 6.20 Å². The lowest BCUT2D eigenvalue weighted by atomic mass is 10.1. The van der Waals surface area contributed by atoms with Crippen LogP contribution in [0.2, 0.25) is 0 Å². The molecule has 0 fully saturated rings. The minimum atomic E-state index is 0.788. The Balaban J connectivity index is 2.59. The second-order valence-corrected chi connectivity index (χ2v) is 3.61. The number of benzene rings is 1. The SMILES string of the molecule is Cc1cccc(-c2ccno2)c1Br. The van der Waals surface area contributed by atoms with E-state index in [9.17, 15) is 0 Å². The van der Waals surface area contributed by atoms with Crippen LogP contribution in [-0.4, -0.2) is 5.16 Å². The number of aryl methyl sites for hydroxylation is 1. The number of aromatic nitrogens is 1. The van der Waals surface area contributed by atoms with Crippen LogP contribution in [0, 0.1) is 6.92 Å². The molecule has 13 heavy (non-hydrogen) atoms. The van der Waals surface area contributed by atoms with Gasteiger partial charge in [-0.25, -0.2) is 0 Å². The molecular weight excluding hydrogens is 230 g/mol. The number of hydrogen-bond donors (Lipinski definition) is 0. The van der Waals surface area contributed by atoms with Crippen molar-refractivity contribution in [1.82, 2.24) is 5.16 Å². The molecule has 0 aliphatic rings. The Morgan fingerprint density at radius 2 is 2.15 bits per heavy atom. The molecule has 0 N–H and O–H groups in total. The van der Waals surface area contributed by atoms with E-state index in [0.717, 1.165) is 15.8 Å². The Morgan fingerprint density at radius 1 is 1.31 bits per heavy atom. The van der Waals surface area contributed by atoms with Gasteiger partial charge < -0.3 is 4.52 Å². The summed E-state index contributed by atoms with van der Waals surface area (Å²) < 4.78 is 6.14. The zero-order chi connectivity index (χ0) is 9.26. The van der Waals surface area contributed by atoms with Gasteiger partial charge in [0.25, 0.3) is 0 Å². The van der Waals surface area contributed by atoms with E-state index in [2.05, 4.69) is 21.1 Å². The van der Waals surface area contributed by atoms with Crippen LogP contribution in [0.5, 0.6) is 0 Å². The van der Waals surface area contributed by atoms with Crippen LogP contribution < -0.4 is 0 Å². The summed E-state index contributed by atoms with van der Waals surface area (Å²) >= 11 is 3.51. The summed E-state index contributed by atoms with van der Waals surface area (Å²) in [6, 6.07) is 7.89. The predicted molar refractivity (Wildman–Crippen MR) is 54.4 cm³/mol. The van der Waals surface area contributed by atoms with E-state index in [-0.39, 0.29) is 0 Å². The van der Waals surface area contributed by atoms with E-state index in [1.807, 2.05) is 31.2 Å². The quantitative estimate of drug-likeness (QED) is 0.760. The lowest BCUT2D eigenvalue weighted by molar-refractivity contribution is 0.432. The van der Waals surface area contributed by atoms with E-state index >= 15 is 0 Å². The van der Waals surface area contributed by atoms with Gasteiger partial charge in [-0.3, -0.25) is 0 Å². The van der Waals surface area contributed by atoms with E-state index < -0.39 is 0 Å². The van der Waals surface area contributed by atoms with Gasteiger partial charge in [0.2, 0.25) is 0 Å². The molecule has 0 saturated carbocycles. The molecule has 1 heterocycles. The van der Waals surface area contributed by atoms with Crippen LogP contribution in [0.1, 0.15) is 5.56 Å². The highest BCUT2D eigenvalue weighted by molar-refractivity contribution is 9.10. The highest BCUT2D eigenvalue weighted by Gasteiger charge is 2.07. The Bertz CT molecular complexity index is 409. The first-order valence-electron chi connectivity index (χ1n) is 3.95. The summed E-state index contributed by atoms with van der Waals surface area (Å²) in [6.07, 6.45) is 1.64. The molecule has 0 saturated heterocycles. The molecule has 2 aromatic rings. The predicted octanol–water partition coefficient (Wildman–Crippen LogP) is 3.41. The molecule has 1 aromatic carbocycles. The van der Waals surface area contributed by atoms with Crippen molar-refractivity contribution in [3.05, 3.63) is 40.5 Å². The van der Waals surface area contributed by atoms with Crippen molar-refractivity contribution in [2.75, 3.05) is 0 Å². The maximum atomic E-state index is 5.08. The Kier molecular flexibility index (Phi) is 2.19. The lowest BCUT2D eigenvalue weighted by Crippen LogP contribution is -1.80. The van der Waals surface area contributed by atoms with Crippen LogP contribution >= 0.6 is 15.9 Å². The first kappa shape index (κ1) is 8.51. The van der Waals surface area contributed by atoms with E-state index in [0.29, 0.717) is 0 Å². The van der Waals surface area contributed by atoms with Crippen molar-refractivity contribution in [2.24, 2.45) is 0 Å². The highest BCUT2D eigenvalue weighted by Crippen LogP contribution is 2.30. The second-order valence-electron chi connectivity index (χ2n) is 2.81. The van der Waals surface area contributed by atoms with Crippen molar-refractivity contribution in [1.29, 1.82) is 0 Å². The van der Waals surface area contributed by atoms with Gasteiger partial charge in [-0.15, -0.1) is 0 Å². The summed E-state index contributed by atoms with van der Waals surface area (Å²) in [5, 5.41) is 3.67. The van der Waals surface area contributed by atoms with Crippen LogP contribution in [0.15, 0.2) is 39.5 Å². The molecule has 3 heteroatoms. The minimum absolute atomic E-state index is 0.788. The fraction of sp³-hybridized carbons (Fsp3) is 0.100. The van der Waals surface area contributed by atoms with Crippen molar-refractivity contribution in [2.45, 2.75) is 6.92 Å². The van der Waals surface area contributed by atoms with Gasteiger partial charge in [-0.05, 0) is 34.5 Å². The molecule has 0 aliphatic heterocycles. The van der Waals surface area contributed by atoms with Crippen LogP contribution in [0.25, 0.3) is 11.3 Å². The van der Waals surface area contributed by atoms with Gasteiger partial charge >= 0.3 is 0 Å². The van der Waals surface area contributed by atoms with Gasteiger partial charge in [0.15, 0.2) is 5.76 Å². The molecule has 1 aromatic heterocycles. The fourth-order valence-corrected chi connectivity index (χ4v) is 1.65. The van der Waals surface area contributed by atoms with Gasteiger partial charge in [-0.2, -0.15) is 0 Å². The number of nitrogens with zero attached hydrogens (tertiary/aromatic N) is 1. The van der Waals surface area contributed by atoms with Crippen LogP contribution in [-0.2, 0) is 0 Å². The minimum Gasteiger partial charge on any atom is -0.356 e. The second kappa shape index (κ2) is 3.34. The lowest BCUT2D eigenvalue weighted by Gasteiger charge is -2.02. The first-order chi connectivity index (χ1) is 6.29. The van der Waals surface area contributed by atoms with Crippen LogP contribution in [0.4, 0.5) is 0 Å². The van der Waals surface area contributed by atoms with Crippen molar-refractivity contribution < 1.29 is 4.52 Å². The number of rotatable bonds is 1. The monoisotopic (exact) mass is 237 g/mol. The summed E-state index contributed by atoms with van der Waals surface area (Å²) in [5.41, 5.74) is 2.23. The van der Waals surface area contributed by atoms with Crippen molar-refractivity contribution in [3.8, 4) is 11.3 Å². The normalized spacial score (nSPS) is 10.3. The molecule has 0 atom stereocenters. The van der Waals surface area contributed by atoms with E-state index in [4.69, 9.17) is 4.52 Å². The molecule has 0 bridgehead atoms. The largest absolute Gasteiger partial charge is 0.356 e. The van der Waals surface area contributed by atoms with Gasteiger partial charge in [0.1, 0.15) is 0 Å². The molecular formula is C10H8BrNO. The van der Waals surface area contributed by atoms with Crippen LogP contribution in [0.3, 0.4) is 0 Å². The molecule has 2 nitrogen and oxygen atoms in total. The third kappa shape index (κ3) is 1.52. The summed E-state index contributed by atoms with van der Waals surface area (Å²) in [6.45, 7) is 2.05. The summed E-state index contributed by atoms with van der Waals surface area (Å²) in [4.78, 5) is 0. The summed E-state index contributed by atoms with van der Waals surface area (Å²) in [5.74, 6) is 0.788. The zero-order valence-electron chi connectivity index (χ0n) is 7.12. The van der Waals surface area contributed by atoms with Crippen molar-refractivity contribution >= 4 is 15.9 Å². The van der Waals surface area contributed by atoms with Gasteiger partial charge in [0, 0.05) is 16.1 Å². The average Bonchev–Trinajstić information content (AvgIpc) is 2.62. The van der Waals surface area contributed by atoms with E-state index in [1.54, 1.807) is 6.20 Å². The average molecular weight is 238 g/mol. The molecule has 2 rings (SSSR count). The fourth-order valence-electron chi connectivity index (χ4n) is 1.19. The molecule has 0 radical (unpaired) electrons. The molecule has 0 unspecified atom stereocenters. The number of halogens is 1. The first-order valence-corrected chi connectivity index (χ1v) is 4.74. The Hall–Kier alpha value is -1.09. The Labute approximate surface area is 84.7 Å². The smallest absolute Gasteiger partial charge is 0.167 e. The molecule has 0 amide bonds. The van der Waals surface area contributed by atoms with Crippen molar-refractivity contribution in [3.63, 3.8) is 0 Å². The van der Waals surface area contributed by atoms with E-state index in [1.165, 1.54) is 5.56 Å². The topological polar surface area (TPSA) is 26.0 Å². The Morgan fingerprint density at radius 3 is 2.85 bits per heavy atom. The maximum Gasteiger partial charge on any atom is 0.167 e. The standard InChI is InChI=1S/C10H8BrNO/c1-7-3-2-4-8(10(7)11)9-5-6-12-13-9/h2-6H,1H3. The molecule has 0 spiro atoms. The third-order valence-corrected chi connectivity index (χ3v) is 2.95. The molecule has 66 valence electrons. The molecule has 0 aliphatic carbocycles. The van der Waals surface area contributed by atoms with Gasteiger partial charge in [-0.1, -0.05) is 17.3 Å². The zero-order valence-corrected chi connectivity index (χ0v) is 8.71. The third-order valence-electron chi connectivity index (χ3n) is 1.90. The number of hydrogen-bond acceptors (Lipinski definition) is 2. The summed E-state index contributed by atoms with van der Waals surface area (Å²) in [7, 11) is 0. The maximum absolute atomic E-state index is 5.08. The highest BCUT2D eigenvalue weighted by atomic mass is 79.9.